The molecule has 23 heavy (non-hydrogen) atoms. The molecule has 0 aliphatic heterocycles. The van der Waals surface area contributed by atoms with Gasteiger partial charge in [-0.25, -0.2) is 0 Å². The summed E-state index contributed by atoms with van der Waals surface area (Å²) in [6, 6.07) is 17.1. The van der Waals surface area contributed by atoms with E-state index in [-0.39, 0.29) is 0 Å². The molecule has 0 aliphatic carbocycles. The Balaban J connectivity index is 1.62. The standard InChI is InChI=1S/C16H16N4O2S/c21-14(15-18-16(23)20-19-15)10-17-11-5-4-8-13(9-11)22-12-6-2-1-3-7-12/h1-9,14,17,21H,10H2,(H2,18,19,20,23). The molecule has 3 rings (SSSR count). The molecule has 0 saturated heterocycles. The number of H-pyrrole nitrogens is 2. The third-order valence-corrected chi connectivity index (χ3v) is 3.34. The summed E-state index contributed by atoms with van der Waals surface area (Å²) in [5.74, 6) is 1.89. The van der Waals surface area contributed by atoms with E-state index in [0.29, 0.717) is 17.1 Å². The summed E-state index contributed by atoms with van der Waals surface area (Å²) >= 11 is 4.89. The summed E-state index contributed by atoms with van der Waals surface area (Å²) in [5.41, 5.74) is 0.839. The van der Waals surface area contributed by atoms with Crippen molar-refractivity contribution in [1.82, 2.24) is 15.2 Å². The third-order valence-electron chi connectivity index (χ3n) is 3.15. The van der Waals surface area contributed by atoms with E-state index in [2.05, 4.69) is 20.5 Å². The number of rotatable bonds is 6. The van der Waals surface area contributed by atoms with Crippen molar-refractivity contribution in [2.24, 2.45) is 0 Å². The van der Waals surface area contributed by atoms with Crippen LogP contribution >= 0.6 is 12.2 Å². The summed E-state index contributed by atoms with van der Waals surface area (Å²) in [6.45, 7) is 0.297. The van der Waals surface area contributed by atoms with Crippen LogP contribution in [0.3, 0.4) is 0 Å². The average Bonchev–Trinajstić information content (AvgIpc) is 3.01. The minimum absolute atomic E-state index is 0.297. The zero-order chi connectivity index (χ0) is 16.1. The minimum atomic E-state index is -0.790. The Hall–Kier alpha value is -2.64. The lowest BCUT2D eigenvalue weighted by Crippen LogP contribution is -2.13. The summed E-state index contributed by atoms with van der Waals surface area (Å²) in [6.07, 6.45) is -0.790. The van der Waals surface area contributed by atoms with Crippen LogP contribution in [0.25, 0.3) is 0 Å². The van der Waals surface area contributed by atoms with Crippen LogP contribution in [-0.4, -0.2) is 26.8 Å². The molecule has 1 aromatic heterocycles. The maximum absolute atomic E-state index is 10.0. The fourth-order valence-corrected chi connectivity index (χ4v) is 2.20. The van der Waals surface area contributed by atoms with Crippen molar-refractivity contribution in [3.8, 4) is 11.5 Å². The van der Waals surface area contributed by atoms with Gasteiger partial charge < -0.3 is 20.1 Å². The molecule has 118 valence electrons. The zero-order valence-electron chi connectivity index (χ0n) is 12.2. The first kappa shape index (κ1) is 15.3. The van der Waals surface area contributed by atoms with Crippen molar-refractivity contribution in [1.29, 1.82) is 0 Å². The summed E-state index contributed by atoms with van der Waals surface area (Å²) in [4.78, 5) is 2.79. The predicted octanol–water partition coefficient (Wildman–Crippen LogP) is 3.41. The normalized spacial score (nSPS) is 11.9. The number of nitrogens with one attached hydrogen (secondary N) is 3. The Bertz CT molecular complexity index is 816. The molecule has 0 aliphatic rings. The smallest absolute Gasteiger partial charge is 0.192 e. The summed E-state index contributed by atoms with van der Waals surface area (Å²) < 4.78 is 6.16. The van der Waals surface area contributed by atoms with E-state index in [9.17, 15) is 5.11 Å². The van der Waals surface area contributed by atoms with E-state index < -0.39 is 6.10 Å². The van der Waals surface area contributed by atoms with Gasteiger partial charge in [-0.05, 0) is 36.5 Å². The molecule has 3 aromatic rings. The van der Waals surface area contributed by atoms with Crippen LogP contribution in [0.15, 0.2) is 54.6 Å². The van der Waals surface area contributed by atoms with Crippen molar-refractivity contribution in [2.45, 2.75) is 6.10 Å². The highest BCUT2D eigenvalue weighted by Crippen LogP contribution is 2.24. The fourth-order valence-electron chi connectivity index (χ4n) is 2.05. The first-order chi connectivity index (χ1) is 11.2. The van der Waals surface area contributed by atoms with Crippen molar-refractivity contribution in [3.63, 3.8) is 0 Å². The van der Waals surface area contributed by atoms with Gasteiger partial charge in [-0.15, -0.1) is 0 Å². The second kappa shape index (κ2) is 7.08. The molecule has 0 amide bonds. The van der Waals surface area contributed by atoms with Gasteiger partial charge in [0.05, 0.1) is 0 Å². The number of aliphatic hydroxyl groups is 1. The summed E-state index contributed by atoms with van der Waals surface area (Å²) in [5, 5.41) is 19.7. The van der Waals surface area contributed by atoms with Gasteiger partial charge in [0.1, 0.15) is 17.6 Å². The third kappa shape index (κ3) is 4.18. The molecular weight excluding hydrogens is 312 g/mol. The van der Waals surface area contributed by atoms with Crippen molar-refractivity contribution >= 4 is 17.9 Å². The molecule has 0 saturated carbocycles. The molecule has 0 bridgehead atoms. The molecule has 1 heterocycles. The minimum Gasteiger partial charge on any atom is -0.457 e. The predicted molar refractivity (Wildman–Crippen MR) is 90.2 cm³/mol. The first-order valence-electron chi connectivity index (χ1n) is 7.10. The number of hydrogen-bond donors (Lipinski definition) is 4. The monoisotopic (exact) mass is 328 g/mol. The molecule has 1 atom stereocenters. The number of anilines is 1. The number of para-hydroxylation sites is 1. The molecule has 0 fully saturated rings. The van der Waals surface area contributed by atoms with E-state index >= 15 is 0 Å². The quantitative estimate of drug-likeness (QED) is 0.521. The number of aromatic amines is 2. The van der Waals surface area contributed by atoms with Crippen LogP contribution in [0.1, 0.15) is 11.9 Å². The highest BCUT2D eigenvalue weighted by atomic mass is 32.1. The van der Waals surface area contributed by atoms with Gasteiger partial charge in [-0.2, -0.15) is 5.10 Å². The van der Waals surface area contributed by atoms with Crippen LogP contribution in [0.5, 0.6) is 11.5 Å². The fraction of sp³-hybridized carbons (Fsp3) is 0.125. The lowest BCUT2D eigenvalue weighted by atomic mass is 10.2. The maximum atomic E-state index is 10.0. The number of benzene rings is 2. The second-order valence-electron chi connectivity index (χ2n) is 4.90. The molecule has 0 radical (unpaired) electrons. The van der Waals surface area contributed by atoms with Gasteiger partial charge in [0.15, 0.2) is 10.6 Å². The van der Waals surface area contributed by atoms with Crippen LogP contribution < -0.4 is 10.1 Å². The topological polar surface area (TPSA) is 86.0 Å². The Morgan fingerprint density at radius 1 is 1.13 bits per heavy atom. The van der Waals surface area contributed by atoms with Gasteiger partial charge >= 0.3 is 0 Å². The van der Waals surface area contributed by atoms with E-state index in [1.807, 2.05) is 54.6 Å². The Kier molecular flexibility index (Phi) is 4.70. The molecule has 7 heteroatoms. The number of aromatic nitrogens is 3. The van der Waals surface area contributed by atoms with Gasteiger partial charge in [0, 0.05) is 18.3 Å². The molecule has 1 unspecified atom stereocenters. The van der Waals surface area contributed by atoms with Crippen LogP contribution in [0.2, 0.25) is 0 Å². The number of nitrogens with zero attached hydrogens (tertiary/aromatic N) is 1. The van der Waals surface area contributed by atoms with Crippen molar-refractivity contribution in [3.05, 3.63) is 65.2 Å². The number of hydrogen-bond acceptors (Lipinski definition) is 5. The second-order valence-corrected chi connectivity index (χ2v) is 5.31. The molecular formula is C16H16N4O2S. The lowest BCUT2D eigenvalue weighted by molar-refractivity contribution is 0.182. The molecule has 2 aromatic carbocycles. The number of aliphatic hydroxyl groups excluding tert-OH is 1. The molecule has 6 nitrogen and oxygen atoms in total. The lowest BCUT2D eigenvalue weighted by Gasteiger charge is -2.12. The average molecular weight is 328 g/mol. The molecule has 0 spiro atoms. The van der Waals surface area contributed by atoms with Gasteiger partial charge in [-0.3, -0.25) is 5.10 Å². The van der Waals surface area contributed by atoms with Gasteiger partial charge in [-0.1, -0.05) is 24.3 Å². The Morgan fingerprint density at radius 3 is 2.65 bits per heavy atom. The van der Waals surface area contributed by atoms with Crippen molar-refractivity contribution < 1.29 is 9.84 Å². The van der Waals surface area contributed by atoms with Gasteiger partial charge in [0.2, 0.25) is 0 Å². The summed E-state index contributed by atoms with van der Waals surface area (Å²) in [7, 11) is 0. The van der Waals surface area contributed by atoms with E-state index in [1.54, 1.807) is 0 Å². The molecule has 4 N–H and O–H groups in total. The largest absolute Gasteiger partial charge is 0.457 e. The van der Waals surface area contributed by atoms with Gasteiger partial charge in [0.25, 0.3) is 0 Å². The first-order valence-corrected chi connectivity index (χ1v) is 7.51. The zero-order valence-corrected chi connectivity index (χ0v) is 13.0. The maximum Gasteiger partial charge on any atom is 0.192 e. The number of ether oxygens (including phenoxy) is 1. The highest BCUT2D eigenvalue weighted by molar-refractivity contribution is 7.71. The van der Waals surface area contributed by atoms with Crippen LogP contribution in [0.4, 0.5) is 5.69 Å². The SMILES string of the molecule is OC(CNc1cccc(Oc2ccccc2)c1)c1n[nH]c(=S)[nH]1. The Labute approximate surface area is 138 Å². The van der Waals surface area contributed by atoms with Crippen molar-refractivity contribution in [2.75, 3.05) is 11.9 Å². The van der Waals surface area contributed by atoms with E-state index in [1.165, 1.54) is 0 Å². The highest BCUT2D eigenvalue weighted by Gasteiger charge is 2.10. The van der Waals surface area contributed by atoms with E-state index in [0.717, 1.165) is 17.2 Å². The van der Waals surface area contributed by atoms with Crippen LogP contribution in [0, 0.1) is 4.77 Å². The van der Waals surface area contributed by atoms with E-state index in [4.69, 9.17) is 17.0 Å². The Morgan fingerprint density at radius 2 is 1.91 bits per heavy atom. The van der Waals surface area contributed by atoms with Crippen LogP contribution in [-0.2, 0) is 0 Å².